The van der Waals surface area contributed by atoms with Crippen LogP contribution in [0.3, 0.4) is 0 Å². The molecule has 0 saturated carbocycles. The number of aliphatic hydroxyl groups is 2. The van der Waals surface area contributed by atoms with Crippen molar-refractivity contribution in [3.8, 4) is 0 Å². The first-order valence-corrected chi connectivity index (χ1v) is 12.5. The van der Waals surface area contributed by atoms with Crippen LogP contribution in [0.15, 0.2) is 35.2 Å². The Kier molecular flexibility index (Phi) is 21.5. The minimum absolute atomic E-state index is 0.193. The zero-order chi connectivity index (χ0) is 28.3. The van der Waals surface area contributed by atoms with Gasteiger partial charge >= 0.3 is 0 Å². The van der Waals surface area contributed by atoms with E-state index in [2.05, 4.69) is 44.0 Å². The summed E-state index contributed by atoms with van der Waals surface area (Å²) in [6.45, 7) is 10.9. The van der Waals surface area contributed by atoms with E-state index in [1.165, 1.54) is 37.5 Å². The molecule has 36 heavy (non-hydrogen) atoms. The van der Waals surface area contributed by atoms with Crippen molar-refractivity contribution in [2.75, 3.05) is 25.6 Å². The van der Waals surface area contributed by atoms with Crippen molar-refractivity contribution in [2.24, 2.45) is 5.92 Å². The van der Waals surface area contributed by atoms with Crippen LogP contribution in [0, 0.1) is 23.4 Å². The Morgan fingerprint density at radius 1 is 1.06 bits per heavy atom. The monoisotopic (exact) mass is 552 g/mol. The van der Waals surface area contributed by atoms with Gasteiger partial charge in [0.15, 0.2) is 17.5 Å². The molecule has 0 bridgehead atoms. The zero-order valence-corrected chi connectivity index (χ0v) is 23.5. The molecule has 0 aliphatic heterocycles. The quantitative estimate of drug-likeness (QED) is 0.195. The summed E-state index contributed by atoms with van der Waals surface area (Å²) in [4.78, 5) is 12.2. The molecule has 2 rings (SSSR count). The van der Waals surface area contributed by atoms with Gasteiger partial charge < -0.3 is 20.8 Å². The maximum absolute atomic E-state index is 13.0. The highest BCUT2D eigenvalue weighted by Gasteiger charge is 2.13. The zero-order valence-electron chi connectivity index (χ0n) is 21.8. The van der Waals surface area contributed by atoms with E-state index >= 15 is 0 Å². The lowest BCUT2D eigenvalue weighted by molar-refractivity contribution is 0.102. The molecule has 0 aromatic heterocycles. The number of unbranched alkanes of at least 4 members (excludes halogenated alkanes) is 1. The summed E-state index contributed by atoms with van der Waals surface area (Å²) in [6.07, 6.45) is 4.15. The molecule has 0 heterocycles. The second-order valence-corrected chi connectivity index (χ2v) is 8.99. The van der Waals surface area contributed by atoms with Gasteiger partial charge in [0.05, 0.1) is 11.6 Å². The number of rotatable bonds is 7. The van der Waals surface area contributed by atoms with Crippen molar-refractivity contribution < 1.29 is 28.2 Å². The Morgan fingerprint density at radius 3 is 1.92 bits per heavy atom. The number of amides is 1. The molecule has 10 heteroatoms. The van der Waals surface area contributed by atoms with Crippen LogP contribution in [0.2, 0.25) is 5.02 Å². The highest BCUT2D eigenvalue weighted by Crippen LogP contribution is 2.22. The van der Waals surface area contributed by atoms with Crippen LogP contribution in [-0.2, 0) is 0 Å². The molecule has 206 valence electrons. The first kappa shape index (κ1) is 36.4. The molecule has 0 spiro atoms. The molecule has 0 aliphatic rings. The molecule has 2 aromatic carbocycles. The fraction of sp³-hybridized carbons (Fsp3) is 0.500. The molecule has 0 radical (unpaired) electrons. The van der Waals surface area contributed by atoms with E-state index in [0.717, 1.165) is 5.92 Å². The van der Waals surface area contributed by atoms with E-state index in [1.54, 1.807) is 6.92 Å². The summed E-state index contributed by atoms with van der Waals surface area (Å²) in [7, 11) is 1.82. The molecule has 1 amide bonds. The molecular formula is C26H40ClF3N2O3S. The number of benzene rings is 2. The highest BCUT2D eigenvalue weighted by molar-refractivity contribution is 7.80. The van der Waals surface area contributed by atoms with E-state index < -0.39 is 23.4 Å². The second kappa shape index (κ2) is 21.3. The van der Waals surface area contributed by atoms with E-state index in [0.29, 0.717) is 22.1 Å². The number of halogens is 4. The van der Waals surface area contributed by atoms with Crippen LogP contribution in [0.1, 0.15) is 64.2 Å². The smallest absolute Gasteiger partial charge is 0.255 e. The van der Waals surface area contributed by atoms with Gasteiger partial charge in [-0.2, -0.15) is 0 Å². The fourth-order valence-electron chi connectivity index (χ4n) is 2.19. The van der Waals surface area contributed by atoms with Crippen molar-refractivity contribution in [1.29, 1.82) is 0 Å². The predicted octanol–water partition coefficient (Wildman–Crippen LogP) is 6.72. The number of anilines is 1. The third-order valence-corrected chi connectivity index (χ3v) is 5.18. The van der Waals surface area contributed by atoms with Gasteiger partial charge in [-0.25, -0.2) is 13.2 Å². The number of hydrogen-bond acceptors (Lipinski definition) is 5. The summed E-state index contributed by atoms with van der Waals surface area (Å²) < 4.78 is 38.8. The van der Waals surface area contributed by atoms with Crippen LogP contribution in [0.5, 0.6) is 0 Å². The largest absolute Gasteiger partial charge is 0.397 e. The van der Waals surface area contributed by atoms with Gasteiger partial charge in [-0.15, -0.1) is 12.6 Å². The molecule has 0 saturated heterocycles. The Hall–Kier alpha value is -1.78. The van der Waals surface area contributed by atoms with Gasteiger partial charge in [-0.1, -0.05) is 51.6 Å². The lowest BCUT2D eigenvalue weighted by atomic mass is 10.1. The van der Waals surface area contributed by atoms with Crippen LogP contribution in [0.4, 0.5) is 18.9 Å². The standard InChI is InChI=1S/C13H7ClF3NOS.C7H16.C4H11NO.C2H6O/c14-8-2-1-6(3-11(8)20)13(19)18-7-4-9(15)12(17)10(16)5-7;1-4-5-6-7(2)3;1-4(3-6)5-2;1-2-3/h1-5,20H,(H,18,19);7H,4-6H2,1-3H3;4-6H,3H2,1-2H3;3H,2H2,1H3. The molecule has 2 aromatic rings. The van der Waals surface area contributed by atoms with Gasteiger partial charge in [0.25, 0.3) is 5.91 Å². The van der Waals surface area contributed by atoms with E-state index in [9.17, 15) is 18.0 Å². The van der Waals surface area contributed by atoms with Gasteiger partial charge in [-0.05, 0) is 45.0 Å². The highest BCUT2D eigenvalue weighted by atomic mass is 35.5. The number of carbonyl (C=O) groups is 1. The van der Waals surface area contributed by atoms with Crippen molar-refractivity contribution in [3.05, 3.63) is 58.4 Å². The minimum Gasteiger partial charge on any atom is -0.397 e. The molecule has 4 N–H and O–H groups in total. The van der Waals surface area contributed by atoms with Crippen LogP contribution in [0.25, 0.3) is 0 Å². The molecule has 0 aliphatic carbocycles. The summed E-state index contributed by atoms with van der Waals surface area (Å²) in [6, 6.07) is 5.90. The molecule has 1 atom stereocenters. The Bertz CT molecular complexity index is 863. The lowest BCUT2D eigenvalue weighted by Gasteiger charge is -2.07. The van der Waals surface area contributed by atoms with E-state index in [-0.39, 0.29) is 30.5 Å². The third kappa shape index (κ3) is 16.8. The number of carbonyl (C=O) groups excluding carboxylic acids is 1. The Morgan fingerprint density at radius 2 is 1.58 bits per heavy atom. The van der Waals surface area contributed by atoms with Crippen LogP contribution < -0.4 is 10.6 Å². The van der Waals surface area contributed by atoms with Crippen molar-refractivity contribution in [2.45, 2.75) is 64.8 Å². The number of thiol groups is 1. The van der Waals surface area contributed by atoms with Gasteiger partial charge in [0.1, 0.15) is 0 Å². The number of likely N-dealkylation sites (N-methyl/N-ethyl adjacent to an activating group) is 1. The molecule has 0 fully saturated rings. The minimum atomic E-state index is -1.59. The predicted molar refractivity (Wildman–Crippen MR) is 146 cm³/mol. The van der Waals surface area contributed by atoms with Crippen molar-refractivity contribution >= 4 is 35.8 Å². The van der Waals surface area contributed by atoms with Gasteiger partial charge in [-0.3, -0.25) is 4.79 Å². The Balaban J connectivity index is 0. The molecular weight excluding hydrogens is 513 g/mol. The number of nitrogens with one attached hydrogen (secondary N) is 2. The Labute approximate surface area is 223 Å². The van der Waals surface area contributed by atoms with Crippen molar-refractivity contribution in [3.63, 3.8) is 0 Å². The summed E-state index contributed by atoms with van der Waals surface area (Å²) in [5.74, 6) is -4.08. The number of aliphatic hydroxyl groups excluding tert-OH is 2. The van der Waals surface area contributed by atoms with Gasteiger partial charge in [0.2, 0.25) is 0 Å². The first-order valence-electron chi connectivity index (χ1n) is 11.7. The maximum Gasteiger partial charge on any atom is 0.255 e. The summed E-state index contributed by atoms with van der Waals surface area (Å²) in [5.41, 5.74) is 0.00612. The average Bonchev–Trinajstić information content (AvgIpc) is 2.83. The normalized spacial score (nSPS) is 10.7. The second-order valence-electron chi connectivity index (χ2n) is 8.10. The fourth-order valence-corrected chi connectivity index (χ4v) is 2.52. The topological polar surface area (TPSA) is 81.6 Å². The van der Waals surface area contributed by atoms with E-state index in [1.807, 2.05) is 14.0 Å². The summed E-state index contributed by atoms with van der Waals surface area (Å²) in [5, 5.41) is 21.3. The van der Waals surface area contributed by atoms with Gasteiger partial charge in [0, 0.05) is 40.9 Å². The van der Waals surface area contributed by atoms with Crippen LogP contribution in [-0.4, -0.2) is 42.4 Å². The van der Waals surface area contributed by atoms with Crippen LogP contribution >= 0.6 is 24.2 Å². The van der Waals surface area contributed by atoms with Crippen molar-refractivity contribution in [1.82, 2.24) is 5.32 Å². The summed E-state index contributed by atoms with van der Waals surface area (Å²) >= 11 is 9.81. The van der Waals surface area contributed by atoms with E-state index in [4.69, 9.17) is 21.8 Å². The first-order chi connectivity index (χ1) is 16.9. The maximum atomic E-state index is 13.0. The average molecular weight is 553 g/mol. The molecule has 1 unspecified atom stereocenters. The molecule has 5 nitrogen and oxygen atoms in total. The third-order valence-electron chi connectivity index (χ3n) is 4.35. The number of hydrogen-bond donors (Lipinski definition) is 5. The SMILES string of the molecule is CCCCC(C)C.CCO.CNC(C)CO.O=C(Nc1cc(F)c(F)c(F)c1)c1ccc(Cl)c(S)c1. The lowest BCUT2D eigenvalue weighted by Crippen LogP contribution is -2.24.